The van der Waals surface area contributed by atoms with Gasteiger partial charge in [-0.05, 0) is 13.8 Å². The second-order valence-corrected chi connectivity index (χ2v) is 2.13. The van der Waals surface area contributed by atoms with Crippen molar-refractivity contribution in [2.24, 2.45) is 0 Å². The first-order valence-corrected chi connectivity index (χ1v) is 3.61. The van der Waals surface area contributed by atoms with Gasteiger partial charge in [-0.2, -0.15) is 0 Å². The van der Waals surface area contributed by atoms with Crippen molar-refractivity contribution in [1.82, 2.24) is 0 Å². The van der Waals surface area contributed by atoms with Crippen LogP contribution in [0.2, 0.25) is 0 Å². The lowest BCUT2D eigenvalue weighted by molar-refractivity contribution is -0.219. The molecule has 0 aromatic heterocycles. The zero-order valence-corrected chi connectivity index (χ0v) is 7.37. The van der Waals surface area contributed by atoms with Gasteiger partial charge in [0.1, 0.15) is 0 Å². The lowest BCUT2D eigenvalue weighted by Gasteiger charge is -2.17. The largest absolute Gasteiger partial charge is 0.356 e. The molecule has 0 N–H and O–H groups in total. The van der Waals surface area contributed by atoms with Gasteiger partial charge in [0, 0.05) is 7.11 Å². The van der Waals surface area contributed by atoms with E-state index in [1.807, 2.05) is 13.8 Å². The molecule has 66 valence electrons. The summed E-state index contributed by atoms with van der Waals surface area (Å²) in [5, 5.41) is 0. The Morgan fingerprint density at radius 1 is 1.36 bits per heavy atom. The minimum Gasteiger partial charge on any atom is -0.356 e. The van der Waals surface area contributed by atoms with Gasteiger partial charge in [-0.25, -0.2) is 0 Å². The van der Waals surface area contributed by atoms with E-state index in [1.54, 1.807) is 13.2 Å². The van der Waals surface area contributed by atoms with E-state index in [4.69, 9.17) is 14.2 Å². The van der Waals surface area contributed by atoms with Gasteiger partial charge >= 0.3 is 0 Å². The van der Waals surface area contributed by atoms with E-state index in [-0.39, 0.29) is 12.6 Å². The van der Waals surface area contributed by atoms with Crippen LogP contribution < -0.4 is 0 Å². The Bertz CT molecular complexity index is 104. The fourth-order valence-electron chi connectivity index (χ4n) is 0.568. The van der Waals surface area contributed by atoms with Crippen LogP contribution in [0.5, 0.6) is 0 Å². The third kappa shape index (κ3) is 6.04. The van der Waals surface area contributed by atoms with Crippen LogP contribution in [0.15, 0.2) is 12.7 Å². The average molecular weight is 160 g/mol. The van der Waals surface area contributed by atoms with E-state index in [1.165, 1.54) is 0 Å². The van der Waals surface area contributed by atoms with Crippen molar-refractivity contribution in [2.45, 2.75) is 26.4 Å². The number of hydrogen-bond donors (Lipinski definition) is 0. The van der Waals surface area contributed by atoms with Crippen molar-refractivity contribution in [3.8, 4) is 0 Å². The molecule has 2 atom stereocenters. The molecule has 0 radical (unpaired) electrons. The standard InChI is InChI=1S/C8H16O3/c1-5-6-10-8(3)11-7(2)9-4/h5,7-8H,1,6H2,2-4H3. The Labute approximate surface area is 67.9 Å². The molecular formula is C8H16O3. The summed E-state index contributed by atoms with van der Waals surface area (Å²) >= 11 is 0. The van der Waals surface area contributed by atoms with Crippen LogP contribution in [-0.2, 0) is 14.2 Å². The molecule has 0 aromatic carbocycles. The molecule has 11 heavy (non-hydrogen) atoms. The van der Waals surface area contributed by atoms with E-state index in [0.29, 0.717) is 6.61 Å². The molecule has 0 amide bonds. The molecular weight excluding hydrogens is 144 g/mol. The normalized spacial score (nSPS) is 15.9. The van der Waals surface area contributed by atoms with E-state index in [2.05, 4.69) is 6.58 Å². The van der Waals surface area contributed by atoms with Crippen LogP contribution in [0.1, 0.15) is 13.8 Å². The summed E-state index contributed by atoms with van der Waals surface area (Å²) in [6.45, 7) is 7.65. The highest BCUT2D eigenvalue weighted by atomic mass is 16.8. The molecule has 0 bridgehead atoms. The maximum atomic E-state index is 5.21. The fourth-order valence-corrected chi connectivity index (χ4v) is 0.568. The highest BCUT2D eigenvalue weighted by Crippen LogP contribution is 1.99. The quantitative estimate of drug-likeness (QED) is 0.436. The first kappa shape index (κ1) is 10.6. The molecule has 3 nitrogen and oxygen atoms in total. The zero-order valence-electron chi connectivity index (χ0n) is 7.37. The van der Waals surface area contributed by atoms with Crippen LogP contribution in [-0.4, -0.2) is 26.3 Å². The maximum absolute atomic E-state index is 5.21. The van der Waals surface area contributed by atoms with Crippen LogP contribution in [0.4, 0.5) is 0 Å². The van der Waals surface area contributed by atoms with Crippen molar-refractivity contribution in [3.63, 3.8) is 0 Å². The van der Waals surface area contributed by atoms with Crippen molar-refractivity contribution in [3.05, 3.63) is 12.7 Å². The van der Waals surface area contributed by atoms with Gasteiger partial charge in [0.05, 0.1) is 6.61 Å². The maximum Gasteiger partial charge on any atom is 0.158 e. The van der Waals surface area contributed by atoms with E-state index in [9.17, 15) is 0 Å². The SMILES string of the molecule is C=CCOC(C)OC(C)OC. The summed E-state index contributed by atoms with van der Waals surface area (Å²) in [4.78, 5) is 0. The van der Waals surface area contributed by atoms with Crippen LogP contribution in [0.3, 0.4) is 0 Å². The molecule has 3 heteroatoms. The summed E-state index contributed by atoms with van der Waals surface area (Å²) in [6, 6.07) is 0. The Hall–Kier alpha value is -0.380. The summed E-state index contributed by atoms with van der Waals surface area (Å²) < 4.78 is 15.2. The third-order valence-electron chi connectivity index (χ3n) is 1.16. The predicted octanol–water partition coefficient (Wildman–Crippen LogP) is 1.54. The Morgan fingerprint density at radius 3 is 2.45 bits per heavy atom. The van der Waals surface area contributed by atoms with Crippen LogP contribution >= 0.6 is 0 Å². The molecule has 0 fully saturated rings. The summed E-state index contributed by atoms with van der Waals surface area (Å²) in [5.41, 5.74) is 0. The van der Waals surface area contributed by atoms with E-state index in [0.717, 1.165) is 0 Å². The smallest absolute Gasteiger partial charge is 0.158 e. The topological polar surface area (TPSA) is 27.7 Å². The van der Waals surface area contributed by atoms with Crippen molar-refractivity contribution < 1.29 is 14.2 Å². The van der Waals surface area contributed by atoms with Gasteiger partial charge in [-0.15, -0.1) is 6.58 Å². The molecule has 0 saturated heterocycles. The molecule has 0 saturated carbocycles. The molecule has 2 unspecified atom stereocenters. The summed E-state index contributed by atoms with van der Waals surface area (Å²) in [6.07, 6.45) is 1.20. The van der Waals surface area contributed by atoms with Gasteiger partial charge in [0.15, 0.2) is 12.6 Å². The average Bonchev–Trinajstić information content (AvgIpc) is 2.00. The first-order chi connectivity index (χ1) is 5.20. The molecule has 0 heterocycles. The minimum atomic E-state index is -0.247. The Kier molecular flexibility index (Phi) is 6.12. The van der Waals surface area contributed by atoms with Gasteiger partial charge in [0.2, 0.25) is 0 Å². The zero-order chi connectivity index (χ0) is 8.69. The van der Waals surface area contributed by atoms with Gasteiger partial charge in [-0.3, -0.25) is 0 Å². The Morgan fingerprint density at radius 2 is 2.00 bits per heavy atom. The molecule has 0 aliphatic rings. The lowest BCUT2D eigenvalue weighted by atomic mass is 10.6. The fraction of sp³-hybridized carbons (Fsp3) is 0.750. The predicted molar refractivity (Wildman–Crippen MR) is 43.2 cm³/mol. The van der Waals surface area contributed by atoms with E-state index < -0.39 is 0 Å². The molecule has 0 aromatic rings. The number of hydrogen-bond acceptors (Lipinski definition) is 3. The van der Waals surface area contributed by atoms with Crippen molar-refractivity contribution in [1.29, 1.82) is 0 Å². The van der Waals surface area contributed by atoms with E-state index >= 15 is 0 Å². The molecule has 0 spiro atoms. The lowest BCUT2D eigenvalue weighted by Crippen LogP contribution is -2.21. The number of rotatable bonds is 6. The van der Waals surface area contributed by atoms with Gasteiger partial charge < -0.3 is 14.2 Å². The highest BCUT2D eigenvalue weighted by Gasteiger charge is 2.05. The summed E-state index contributed by atoms with van der Waals surface area (Å²) in [7, 11) is 1.59. The highest BCUT2D eigenvalue weighted by molar-refractivity contribution is 4.63. The monoisotopic (exact) mass is 160 g/mol. The first-order valence-electron chi connectivity index (χ1n) is 3.61. The van der Waals surface area contributed by atoms with Crippen LogP contribution in [0, 0.1) is 0 Å². The third-order valence-corrected chi connectivity index (χ3v) is 1.16. The second-order valence-electron chi connectivity index (χ2n) is 2.13. The van der Waals surface area contributed by atoms with Crippen LogP contribution in [0.25, 0.3) is 0 Å². The molecule has 0 aliphatic carbocycles. The number of methoxy groups -OCH3 is 1. The Balaban J connectivity index is 3.34. The van der Waals surface area contributed by atoms with Crippen molar-refractivity contribution in [2.75, 3.05) is 13.7 Å². The summed E-state index contributed by atoms with van der Waals surface area (Å²) in [5.74, 6) is 0. The molecule has 0 aliphatic heterocycles. The molecule has 0 rings (SSSR count). The van der Waals surface area contributed by atoms with Gasteiger partial charge in [0.25, 0.3) is 0 Å². The minimum absolute atomic E-state index is 0.227. The second kappa shape index (κ2) is 6.34. The van der Waals surface area contributed by atoms with Gasteiger partial charge in [-0.1, -0.05) is 6.08 Å². The van der Waals surface area contributed by atoms with Crippen molar-refractivity contribution >= 4 is 0 Å². The number of ether oxygens (including phenoxy) is 3.